The highest BCUT2D eigenvalue weighted by Crippen LogP contribution is 2.39. The van der Waals surface area contributed by atoms with Crippen LogP contribution in [0.25, 0.3) is 0 Å². The molecule has 2 rings (SSSR count). The van der Waals surface area contributed by atoms with Gasteiger partial charge in [0, 0.05) is 12.6 Å². The minimum Gasteiger partial charge on any atom is -0.469 e. The fourth-order valence-corrected chi connectivity index (χ4v) is 2.94. The lowest BCUT2D eigenvalue weighted by Gasteiger charge is -2.38. The fraction of sp³-hybridized carbons (Fsp3) is 0.500. The molecule has 1 unspecified atom stereocenters. The molecule has 1 aliphatic heterocycles. The molecule has 1 atom stereocenters. The molecule has 23 heavy (non-hydrogen) atoms. The molecule has 1 aromatic rings. The topological polar surface area (TPSA) is 63.7 Å². The summed E-state index contributed by atoms with van der Waals surface area (Å²) in [4.78, 5) is 38.1. The van der Waals surface area contributed by atoms with Crippen molar-refractivity contribution in [2.75, 3.05) is 14.2 Å². The molecule has 0 saturated carbocycles. The van der Waals surface area contributed by atoms with Crippen molar-refractivity contribution >= 4 is 17.8 Å². The number of hydrogen-bond donors (Lipinski definition) is 0. The lowest BCUT2D eigenvalue weighted by Crippen LogP contribution is -2.52. The van der Waals surface area contributed by atoms with E-state index >= 15 is 0 Å². The van der Waals surface area contributed by atoms with Gasteiger partial charge in [0.05, 0.1) is 18.9 Å². The number of rotatable bonds is 2. The molecule has 124 valence electrons. The molecule has 0 N–H and O–H groups in total. The van der Waals surface area contributed by atoms with Crippen LogP contribution in [0.4, 0.5) is 0 Å². The maximum atomic E-state index is 12.7. The van der Waals surface area contributed by atoms with Crippen LogP contribution in [0.2, 0.25) is 0 Å². The van der Waals surface area contributed by atoms with Gasteiger partial charge in [0.25, 0.3) is 5.91 Å². The van der Waals surface area contributed by atoms with Gasteiger partial charge in [-0.15, -0.1) is 0 Å². The van der Waals surface area contributed by atoms with Crippen molar-refractivity contribution in [1.29, 1.82) is 0 Å². The zero-order valence-corrected chi connectivity index (χ0v) is 14.5. The van der Waals surface area contributed by atoms with Gasteiger partial charge in [0.1, 0.15) is 0 Å². The van der Waals surface area contributed by atoms with E-state index in [9.17, 15) is 14.4 Å². The molecule has 0 radical (unpaired) electrons. The van der Waals surface area contributed by atoms with E-state index in [1.807, 2.05) is 12.1 Å². The summed E-state index contributed by atoms with van der Waals surface area (Å²) < 4.78 is 4.75. The number of likely N-dealkylation sites (N-methyl/N-ethyl adjacent to an activating group) is 1. The Morgan fingerprint density at radius 3 is 2.39 bits per heavy atom. The third-order valence-electron chi connectivity index (χ3n) is 4.52. The van der Waals surface area contributed by atoms with Crippen molar-refractivity contribution in [3.63, 3.8) is 0 Å². The number of nitrogens with zero attached hydrogens (tertiary/aromatic N) is 1. The Labute approximate surface area is 136 Å². The van der Waals surface area contributed by atoms with Gasteiger partial charge in [-0.1, -0.05) is 32.9 Å². The molecule has 0 aromatic heterocycles. The Kier molecular flexibility index (Phi) is 4.09. The van der Waals surface area contributed by atoms with Crippen LogP contribution in [0.3, 0.4) is 0 Å². The third-order valence-corrected chi connectivity index (χ3v) is 4.52. The van der Waals surface area contributed by atoms with Crippen LogP contribution < -0.4 is 0 Å². The largest absolute Gasteiger partial charge is 0.469 e. The smallest absolute Gasteiger partial charge is 0.306 e. The lowest BCUT2D eigenvalue weighted by atomic mass is 9.71. The van der Waals surface area contributed by atoms with Gasteiger partial charge in [0.15, 0.2) is 0 Å². The highest BCUT2D eigenvalue weighted by atomic mass is 16.5. The fourth-order valence-electron chi connectivity index (χ4n) is 2.94. The van der Waals surface area contributed by atoms with Gasteiger partial charge in [-0.05, 0) is 29.5 Å². The second kappa shape index (κ2) is 5.48. The van der Waals surface area contributed by atoms with E-state index in [4.69, 9.17) is 4.74 Å². The quantitative estimate of drug-likeness (QED) is 0.621. The van der Waals surface area contributed by atoms with Gasteiger partial charge in [-0.3, -0.25) is 19.3 Å². The highest BCUT2D eigenvalue weighted by molar-refractivity contribution is 6.13. The van der Waals surface area contributed by atoms with Gasteiger partial charge in [-0.25, -0.2) is 0 Å². The van der Waals surface area contributed by atoms with Crippen molar-refractivity contribution in [2.45, 2.75) is 44.9 Å². The van der Waals surface area contributed by atoms with Crippen molar-refractivity contribution in [3.05, 3.63) is 34.9 Å². The zero-order valence-electron chi connectivity index (χ0n) is 14.5. The number of hydrogen-bond acceptors (Lipinski definition) is 4. The van der Waals surface area contributed by atoms with Crippen LogP contribution in [0.5, 0.6) is 0 Å². The number of methoxy groups -OCH3 is 1. The maximum Gasteiger partial charge on any atom is 0.306 e. The molecule has 1 heterocycles. The molecule has 0 fully saturated rings. The van der Waals surface area contributed by atoms with Crippen molar-refractivity contribution in [2.24, 2.45) is 0 Å². The van der Waals surface area contributed by atoms with E-state index in [1.54, 1.807) is 13.0 Å². The van der Waals surface area contributed by atoms with Crippen LogP contribution in [-0.4, -0.2) is 36.8 Å². The second-order valence-electron chi connectivity index (χ2n) is 7.26. The Bertz CT molecular complexity index is 687. The summed E-state index contributed by atoms with van der Waals surface area (Å²) in [6, 6.07) is 5.52. The van der Waals surface area contributed by atoms with E-state index in [-0.39, 0.29) is 23.7 Å². The van der Waals surface area contributed by atoms with Crippen molar-refractivity contribution in [3.8, 4) is 0 Å². The van der Waals surface area contributed by atoms with Gasteiger partial charge < -0.3 is 4.74 Å². The van der Waals surface area contributed by atoms with Crippen LogP contribution in [0, 0.1) is 0 Å². The van der Waals surface area contributed by atoms with E-state index in [2.05, 4.69) is 20.8 Å². The number of imide groups is 1. The summed E-state index contributed by atoms with van der Waals surface area (Å²) in [5.41, 5.74) is 0.843. The van der Waals surface area contributed by atoms with Crippen LogP contribution in [0.15, 0.2) is 18.2 Å². The average molecular weight is 317 g/mol. The molecule has 1 aliphatic rings. The molecule has 5 heteroatoms. The molecule has 5 nitrogen and oxygen atoms in total. The monoisotopic (exact) mass is 317 g/mol. The Morgan fingerprint density at radius 2 is 1.87 bits per heavy atom. The molecular weight excluding hydrogens is 294 g/mol. The normalized spacial score (nSPS) is 21.2. The van der Waals surface area contributed by atoms with Crippen LogP contribution in [0.1, 0.15) is 55.6 Å². The Morgan fingerprint density at radius 1 is 1.26 bits per heavy atom. The maximum absolute atomic E-state index is 12.7. The minimum atomic E-state index is -1.10. The molecule has 2 amide bonds. The first kappa shape index (κ1) is 17.2. The van der Waals surface area contributed by atoms with Crippen molar-refractivity contribution in [1.82, 2.24) is 4.90 Å². The molecule has 1 aromatic carbocycles. The predicted octanol–water partition coefficient (Wildman–Crippen LogP) is 2.42. The summed E-state index contributed by atoms with van der Waals surface area (Å²) in [6.07, 6.45) is -0.0967. The number of esters is 1. The first-order valence-electron chi connectivity index (χ1n) is 7.56. The second-order valence-corrected chi connectivity index (χ2v) is 7.26. The Hall–Kier alpha value is -2.17. The molecule has 0 bridgehead atoms. The van der Waals surface area contributed by atoms with E-state index in [0.717, 1.165) is 10.5 Å². The summed E-state index contributed by atoms with van der Waals surface area (Å²) in [5, 5.41) is 0. The zero-order chi connectivity index (χ0) is 17.6. The number of carbonyl (C=O) groups is 3. The van der Waals surface area contributed by atoms with Gasteiger partial charge in [-0.2, -0.15) is 0 Å². The standard InChI is InChI=1S/C18H23NO4/c1-17(2,3)11-7-8-12-13(9-11)18(4,10-14(20)23-6)16(22)19(5)15(12)21/h7-9H,10H2,1-6H3. The molecule has 0 spiro atoms. The molecule has 0 saturated heterocycles. The molecule has 0 aliphatic carbocycles. The predicted molar refractivity (Wildman–Crippen MR) is 86.2 cm³/mol. The van der Waals surface area contributed by atoms with E-state index in [0.29, 0.717) is 11.1 Å². The van der Waals surface area contributed by atoms with Gasteiger partial charge >= 0.3 is 5.97 Å². The van der Waals surface area contributed by atoms with Gasteiger partial charge in [0.2, 0.25) is 5.91 Å². The summed E-state index contributed by atoms with van der Waals surface area (Å²) in [5.74, 6) is -1.20. The third kappa shape index (κ3) is 2.76. The minimum absolute atomic E-state index is 0.0967. The Balaban J connectivity index is 2.69. The average Bonchev–Trinajstić information content (AvgIpc) is 2.49. The number of benzene rings is 1. The number of ether oxygens (including phenoxy) is 1. The summed E-state index contributed by atoms with van der Waals surface area (Å²) in [7, 11) is 2.74. The van der Waals surface area contributed by atoms with Crippen LogP contribution in [-0.2, 0) is 25.2 Å². The first-order chi connectivity index (χ1) is 10.5. The van der Waals surface area contributed by atoms with E-state index < -0.39 is 11.4 Å². The SMILES string of the molecule is COC(=O)CC1(C)C(=O)N(C)C(=O)c2ccc(C(C)(C)C)cc21. The number of carbonyl (C=O) groups excluding carboxylic acids is 3. The summed E-state index contributed by atoms with van der Waals surface area (Å²) in [6.45, 7) is 7.88. The number of amides is 2. The lowest BCUT2D eigenvalue weighted by molar-refractivity contribution is -0.147. The molecular formula is C18H23NO4. The van der Waals surface area contributed by atoms with E-state index in [1.165, 1.54) is 14.2 Å². The van der Waals surface area contributed by atoms with Crippen LogP contribution >= 0.6 is 0 Å². The summed E-state index contributed by atoms with van der Waals surface area (Å²) >= 11 is 0. The van der Waals surface area contributed by atoms with Crippen molar-refractivity contribution < 1.29 is 19.1 Å². The number of fused-ring (bicyclic) bond motifs is 1. The highest BCUT2D eigenvalue weighted by Gasteiger charge is 2.48. The first-order valence-corrected chi connectivity index (χ1v) is 7.56.